The third-order valence-corrected chi connectivity index (χ3v) is 2.36. The molecule has 0 bridgehead atoms. The van der Waals surface area contributed by atoms with Crippen LogP contribution >= 0.6 is 0 Å². The normalized spacial score (nSPS) is 24.9. The Morgan fingerprint density at radius 3 is 2.56 bits per heavy atom. The lowest BCUT2D eigenvalue weighted by atomic mass is 9.90. The maximum absolute atomic E-state index is 11.5. The fourth-order valence-corrected chi connectivity index (χ4v) is 1.61. The summed E-state index contributed by atoms with van der Waals surface area (Å²) in [5, 5.41) is 2.73. The minimum Gasteiger partial charge on any atom is -0.444 e. The highest BCUT2D eigenvalue weighted by Gasteiger charge is 2.25. The molecule has 1 N–H and O–H groups in total. The smallest absolute Gasteiger partial charge is 0.407 e. The molecule has 1 amide bonds. The average Bonchev–Trinajstić information content (AvgIpc) is 2.15. The molecule has 0 aromatic heterocycles. The lowest BCUT2D eigenvalue weighted by molar-refractivity contribution is -0.111. The van der Waals surface area contributed by atoms with Crippen molar-refractivity contribution in [1.29, 1.82) is 0 Å². The predicted molar refractivity (Wildman–Crippen MR) is 61.1 cm³/mol. The number of carbonyl (C=O) groups is 2. The van der Waals surface area contributed by atoms with Crippen LogP contribution in [0.5, 0.6) is 0 Å². The molecule has 0 fully saturated rings. The summed E-state index contributed by atoms with van der Waals surface area (Å²) < 4.78 is 5.14. The van der Waals surface area contributed by atoms with Gasteiger partial charge in [-0.2, -0.15) is 0 Å². The monoisotopic (exact) mass is 225 g/mol. The maximum atomic E-state index is 11.5. The SMILES string of the molecule is CC(C)(C)OC(=O)N[C@@H]1CC=CC[C@@H]1C=O. The van der Waals surface area contributed by atoms with Crippen LogP contribution in [0.3, 0.4) is 0 Å². The van der Waals surface area contributed by atoms with Crippen LogP contribution < -0.4 is 5.32 Å². The van der Waals surface area contributed by atoms with E-state index in [1.807, 2.05) is 32.9 Å². The Morgan fingerprint density at radius 1 is 1.38 bits per heavy atom. The number of hydrogen-bond acceptors (Lipinski definition) is 3. The number of aldehydes is 1. The lowest BCUT2D eigenvalue weighted by Gasteiger charge is -2.27. The zero-order valence-corrected chi connectivity index (χ0v) is 10.0. The van der Waals surface area contributed by atoms with E-state index in [0.717, 1.165) is 6.29 Å². The van der Waals surface area contributed by atoms with Crippen molar-refractivity contribution in [1.82, 2.24) is 5.32 Å². The van der Waals surface area contributed by atoms with Crippen LogP contribution in [0.2, 0.25) is 0 Å². The summed E-state index contributed by atoms with van der Waals surface area (Å²) in [6.45, 7) is 5.43. The van der Waals surface area contributed by atoms with Crippen LogP contribution in [0, 0.1) is 5.92 Å². The van der Waals surface area contributed by atoms with E-state index >= 15 is 0 Å². The van der Waals surface area contributed by atoms with Gasteiger partial charge in [-0.15, -0.1) is 0 Å². The quantitative estimate of drug-likeness (QED) is 0.578. The molecule has 1 aliphatic carbocycles. The number of nitrogens with one attached hydrogen (secondary N) is 1. The van der Waals surface area contributed by atoms with Gasteiger partial charge in [-0.05, 0) is 33.6 Å². The summed E-state index contributed by atoms with van der Waals surface area (Å²) in [5.74, 6) is -0.141. The van der Waals surface area contributed by atoms with E-state index in [9.17, 15) is 9.59 Å². The van der Waals surface area contributed by atoms with Gasteiger partial charge >= 0.3 is 6.09 Å². The Kier molecular flexibility index (Phi) is 4.10. The lowest BCUT2D eigenvalue weighted by Crippen LogP contribution is -2.44. The van der Waals surface area contributed by atoms with Crippen molar-refractivity contribution in [3.8, 4) is 0 Å². The van der Waals surface area contributed by atoms with E-state index in [1.54, 1.807) is 0 Å². The molecule has 0 unspecified atom stereocenters. The summed E-state index contributed by atoms with van der Waals surface area (Å²) in [6.07, 6.45) is 5.74. The third kappa shape index (κ3) is 4.04. The molecular formula is C12H19NO3. The van der Waals surface area contributed by atoms with Crippen LogP contribution in [-0.4, -0.2) is 24.0 Å². The highest BCUT2D eigenvalue weighted by Crippen LogP contribution is 2.17. The summed E-state index contributed by atoms with van der Waals surface area (Å²) in [5.41, 5.74) is -0.509. The number of alkyl carbamates (subject to hydrolysis) is 1. The second-order valence-electron chi connectivity index (χ2n) is 5.00. The van der Waals surface area contributed by atoms with Crippen molar-refractivity contribution < 1.29 is 14.3 Å². The molecule has 1 aliphatic rings. The molecule has 16 heavy (non-hydrogen) atoms. The molecule has 90 valence electrons. The third-order valence-electron chi connectivity index (χ3n) is 2.36. The Balaban J connectivity index is 2.49. The van der Waals surface area contributed by atoms with Crippen LogP contribution in [0.25, 0.3) is 0 Å². The van der Waals surface area contributed by atoms with Gasteiger partial charge in [0.15, 0.2) is 0 Å². The van der Waals surface area contributed by atoms with Gasteiger partial charge in [0, 0.05) is 12.0 Å². The molecule has 0 saturated heterocycles. The molecule has 0 radical (unpaired) electrons. The largest absolute Gasteiger partial charge is 0.444 e. The second-order valence-corrected chi connectivity index (χ2v) is 5.00. The topological polar surface area (TPSA) is 55.4 Å². The van der Waals surface area contributed by atoms with Gasteiger partial charge in [0.25, 0.3) is 0 Å². The standard InChI is InChI=1S/C12H19NO3/c1-12(2,3)16-11(15)13-10-7-5-4-6-9(10)8-14/h4-5,8-10H,6-7H2,1-3H3,(H,13,15)/t9-,10-/m1/s1. The Morgan fingerprint density at radius 2 is 2.00 bits per heavy atom. The summed E-state index contributed by atoms with van der Waals surface area (Å²) in [6, 6.07) is -0.141. The van der Waals surface area contributed by atoms with Gasteiger partial charge in [-0.25, -0.2) is 4.79 Å². The van der Waals surface area contributed by atoms with Gasteiger partial charge in [0.2, 0.25) is 0 Å². The van der Waals surface area contributed by atoms with Crippen LogP contribution in [0.1, 0.15) is 33.6 Å². The first-order chi connectivity index (χ1) is 7.42. The minimum absolute atomic E-state index is 0.141. The molecule has 0 aromatic rings. The molecular weight excluding hydrogens is 206 g/mol. The number of carbonyl (C=O) groups excluding carboxylic acids is 2. The number of rotatable bonds is 2. The van der Waals surface area contributed by atoms with Gasteiger partial charge < -0.3 is 14.8 Å². The van der Waals surface area contributed by atoms with Crippen molar-refractivity contribution in [2.24, 2.45) is 5.92 Å². The van der Waals surface area contributed by atoms with Gasteiger partial charge in [0.05, 0.1) is 0 Å². The van der Waals surface area contributed by atoms with Gasteiger partial charge in [0.1, 0.15) is 11.9 Å². The Labute approximate surface area is 96.0 Å². The van der Waals surface area contributed by atoms with Crippen LogP contribution in [0.15, 0.2) is 12.2 Å². The number of amides is 1. The molecule has 0 aromatic carbocycles. The molecule has 0 aliphatic heterocycles. The first kappa shape index (κ1) is 12.7. The van der Waals surface area contributed by atoms with Gasteiger partial charge in [-0.3, -0.25) is 0 Å². The van der Waals surface area contributed by atoms with E-state index in [0.29, 0.717) is 12.8 Å². The number of ether oxygens (including phenoxy) is 1. The van der Waals surface area contributed by atoms with Crippen molar-refractivity contribution in [2.45, 2.75) is 45.3 Å². The van der Waals surface area contributed by atoms with Crippen molar-refractivity contribution in [2.75, 3.05) is 0 Å². The van der Waals surface area contributed by atoms with Crippen LogP contribution in [0.4, 0.5) is 4.79 Å². The molecule has 4 nitrogen and oxygen atoms in total. The van der Waals surface area contributed by atoms with E-state index in [1.165, 1.54) is 0 Å². The fraction of sp³-hybridized carbons (Fsp3) is 0.667. The molecule has 2 atom stereocenters. The zero-order valence-electron chi connectivity index (χ0n) is 10.0. The average molecular weight is 225 g/mol. The first-order valence-corrected chi connectivity index (χ1v) is 5.52. The maximum Gasteiger partial charge on any atom is 0.407 e. The predicted octanol–water partition coefficient (Wildman–Crippen LogP) is 2.04. The molecule has 0 heterocycles. The fourth-order valence-electron chi connectivity index (χ4n) is 1.61. The summed E-state index contributed by atoms with van der Waals surface area (Å²) in [4.78, 5) is 22.3. The van der Waals surface area contributed by atoms with E-state index in [4.69, 9.17) is 4.74 Å². The Bertz CT molecular complexity index is 291. The van der Waals surface area contributed by atoms with Gasteiger partial charge in [-0.1, -0.05) is 12.2 Å². The highest BCUT2D eigenvalue weighted by atomic mass is 16.6. The summed E-state index contributed by atoms with van der Waals surface area (Å²) in [7, 11) is 0. The first-order valence-electron chi connectivity index (χ1n) is 5.52. The molecule has 0 spiro atoms. The van der Waals surface area contributed by atoms with Crippen molar-refractivity contribution in [3.05, 3.63) is 12.2 Å². The highest BCUT2D eigenvalue weighted by molar-refractivity contribution is 5.69. The zero-order chi connectivity index (χ0) is 12.2. The van der Waals surface area contributed by atoms with E-state index in [-0.39, 0.29) is 12.0 Å². The van der Waals surface area contributed by atoms with Crippen molar-refractivity contribution >= 4 is 12.4 Å². The van der Waals surface area contributed by atoms with Crippen molar-refractivity contribution in [3.63, 3.8) is 0 Å². The molecule has 1 rings (SSSR count). The van der Waals surface area contributed by atoms with Crippen LogP contribution in [-0.2, 0) is 9.53 Å². The molecule has 0 saturated carbocycles. The Hall–Kier alpha value is -1.32. The second kappa shape index (κ2) is 5.14. The minimum atomic E-state index is -0.509. The number of hydrogen-bond donors (Lipinski definition) is 1. The van der Waals surface area contributed by atoms with E-state index < -0.39 is 11.7 Å². The summed E-state index contributed by atoms with van der Waals surface area (Å²) >= 11 is 0. The van der Waals surface area contributed by atoms with E-state index in [2.05, 4.69) is 5.32 Å². The molecule has 4 heteroatoms. The number of allylic oxidation sites excluding steroid dienone is 1.